The summed E-state index contributed by atoms with van der Waals surface area (Å²) in [6, 6.07) is 20.7. The number of esters is 1. The van der Waals surface area contributed by atoms with E-state index in [0.29, 0.717) is 57.9 Å². The normalized spacial score (nSPS) is 14.3. The largest absolute Gasteiger partial charge is 0.490 e. The highest BCUT2D eigenvalue weighted by atomic mass is 79.9. The van der Waals surface area contributed by atoms with Crippen LogP contribution in [-0.2, 0) is 21.9 Å². The quantitative estimate of drug-likeness (QED) is 0.140. The first-order valence-electron chi connectivity index (χ1n) is 12.9. The van der Waals surface area contributed by atoms with Gasteiger partial charge >= 0.3 is 5.97 Å². The van der Waals surface area contributed by atoms with Crippen LogP contribution < -0.4 is 14.8 Å². The second-order valence-corrected chi connectivity index (χ2v) is 11.4. The molecule has 2 heterocycles. The lowest BCUT2D eigenvalue weighted by molar-refractivity contribution is -0.136. The van der Waals surface area contributed by atoms with Crippen molar-refractivity contribution in [3.8, 4) is 11.5 Å². The number of fused-ring (bicyclic) bond motifs is 1. The molecule has 1 aromatic heterocycles. The second-order valence-electron chi connectivity index (χ2n) is 9.15. The Labute approximate surface area is 256 Å². The van der Waals surface area contributed by atoms with E-state index in [1.807, 2.05) is 80.6 Å². The minimum Gasteiger partial charge on any atom is -0.490 e. The number of methoxy groups -OCH3 is 1. The first-order chi connectivity index (χ1) is 19.9. The van der Waals surface area contributed by atoms with Crippen LogP contribution in [0.5, 0.6) is 11.5 Å². The second kappa shape index (κ2) is 13.0. The van der Waals surface area contributed by atoms with E-state index >= 15 is 0 Å². The molecule has 0 bridgehead atoms. The number of hydrogen-bond donors (Lipinski definition) is 1. The topological polar surface area (TPSA) is 87.5 Å². The fourth-order valence-corrected chi connectivity index (χ4v) is 5.84. The van der Waals surface area contributed by atoms with Crippen LogP contribution in [0.15, 0.2) is 87.6 Å². The monoisotopic (exact) mass is 654 g/mol. The van der Waals surface area contributed by atoms with Crippen molar-refractivity contribution in [3.63, 3.8) is 0 Å². The van der Waals surface area contributed by atoms with Crippen LogP contribution in [0.1, 0.15) is 36.6 Å². The molecule has 1 aliphatic rings. The maximum absolute atomic E-state index is 13.0. The van der Waals surface area contributed by atoms with Gasteiger partial charge in [-0.1, -0.05) is 75.7 Å². The van der Waals surface area contributed by atoms with Gasteiger partial charge in [-0.2, -0.15) is 4.98 Å². The molecule has 4 aromatic rings. The molecular formula is C30H28BrClN4O4S. The molecule has 1 aliphatic heterocycles. The number of allylic oxidation sites excluding steroid dienone is 1. The van der Waals surface area contributed by atoms with Gasteiger partial charge in [0.05, 0.1) is 19.3 Å². The molecular weight excluding hydrogens is 628 g/mol. The fourth-order valence-electron chi connectivity index (χ4n) is 4.46. The number of anilines is 1. The van der Waals surface area contributed by atoms with Gasteiger partial charge in [0.2, 0.25) is 11.1 Å². The van der Waals surface area contributed by atoms with E-state index in [-0.39, 0.29) is 0 Å². The molecule has 1 N–H and O–H groups in total. The van der Waals surface area contributed by atoms with Crippen molar-refractivity contribution >= 4 is 51.2 Å². The lowest BCUT2D eigenvalue weighted by Gasteiger charge is -2.28. The molecule has 1 unspecified atom stereocenters. The number of ether oxygens (including phenoxy) is 3. The van der Waals surface area contributed by atoms with Crippen LogP contribution >= 0.6 is 39.3 Å². The smallest absolute Gasteiger partial charge is 0.338 e. The number of nitrogens with zero attached hydrogens (tertiary/aromatic N) is 3. The molecule has 0 spiro atoms. The van der Waals surface area contributed by atoms with Gasteiger partial charge < -0.3 is 19.5 Å². The number of thioether (sulfide) groups is 1. The summed E-state index contributed by atoms with van der Waals surface area (Å²) in [6.07, 6.45) is 0. The summed E-state index contributed by atoms with van der Waals surface area (Å²) in [4.78, 5) is 17.7. The Balaban J connectivity index is 1.47. The molecule has 3 aromatic carbocycles. The Morgan fingerprint density at radius 2 is 1.88 bits per heavy atom. The standard InChI is InChI=1S/C30H28BrClN4O4S/c1-4-39-25-15-20(11-14-24(25)40-16-19-9-12-22(31)13-10-19)27-26(28(37)38-3)18(2)33-29-34-30(35-36(27)29)41-17-21-7-5-6-8-23(21)32/h5-15,27H,4,16-17H2,1-3H3,(H,33,34,35). The van der Waals surface area contributed by atoms with Crippen molar-refractivity contribution in [1.82, 2.24) is 14.8 Å². The highest BCUT2D eigenvalue weighted by Crippen LogP contribution is 2.40. The summed E-state index contributed by atoms with van der Waals surface area (Å²) in [5.41, 5.74) is 3.86. The molecule has 212 valence electrons. The summed E-state index contributed by atoms with van der Waals surface area (Å²) >= 11 is 11.3. The predicted molar refractivity (Wildman–Crippen MR) is 164 cm³/mol. The van der Waals surface area contributed by atoms with Gasteiger partial charge in [0.15, 0.2) is 11.5 Å². The molecule has 0 fully saturated rings. The average molecular weight is 656 g/mol. The van der Waals surface area contributed by atoms with Gasteiger partial charge in [0, 0.05) is 20.9 Å². The Morgan fingerprint density at radius 1 is 1.10 bits per heavy atom. The van der Waals surface area contributed by atoms with E-state index in [1.165, 1.54) is 18.9 Å². The van der Waals surface area contributed by atoms with Gasteiger partial charge in [-0.25, -0.2) is 9.48 Å². The van der Waals surface area contributed by atoms with Crippen LogP contribution in [-0.4, -0.2) is 34.5 Å². The molecule has 0 saturated carbocycles. The van der Waals surface area contributed by atoms with Crippen LogP contribution in [0.2, 0.25) is 5.02 Å². The Kier molecular flexibility index (Phi) is 9.22. The van der Waals surface area contributed by atoms with Crippen molar-refractivity contribution in [2.24, 2.45) is 0 Å². The molecule has 0 aliphatic carbocycles. The maximum Gasteiger partial charge on any atom is 0.338 e. The minimum absolute atomic E-state index is 0.381. The summed E-state index contributed by atoms with van der Waals surface area (Å²) in [5, 5.41) is 9.24. The molecule has 41 heavy (non-hydrogen) atoms. The molecule has 0 saturated heterocycles. The number of nitrogens with one attached hydrogen (secondary N) is 1. The predicted octanol–water partition coefficient (Wildman–Crippen LogP) is 7.43. The zero-order valence-corrected chi connectivity index (χ0v) is 25.8. The number of benzene rings is 3. The molecule has 11 heteroatoms. The number of hydrogen-bond acceptors (Lipinski definition) is 8. The molecule has 0 amide bonds. The van der Waals surface area contributed by atoms with E-state index in [2.05, 4.69) is 21.2 Å². The summed E-state index contributed by atoms with van der Waals surface area (Å²) in [6.45, 7) is 4.57. The van der Waals surface area contributed by atoms with Crippen molar-refractivity contribution in [2.45, 2.75) is 37.4 Å². The first kappa shape index (κ1) is 29.0. The molecule has 5 rings (SSSR count). The van der Waals surface area contributed by atoms with Gasteiger partial charge in [0.1, 0.15) is 12.6 Å². The summed E-state index contributed by atoms with van der Waals surface area (Å²) in [5.74, 6) is 1.83. The first-order valence-corrected chi connectivity index (χ1v) is 15.1. The van der Waals surface area contributed by atoms with Gasteiger partial charge in [0.25, 0.3) is 0 Å². The third-order valence-corrected chi connectivity index (χ3v) is 8.23. The number of carbonyl (C=O) groups is 1. The average Bonchev–Trinajstić information content (AvgIpc) is 3.38. The number of aromatic nitrogens is 3. The number of rotatable bonds is 10. The van der Waals surface area contributed by atoms with E-state index in [0.717, 1.165) is 21.2 Å². The van der Waals surface area contributed by atoms with E-state index in [4.69, 9.17) is 35.9 Å². The SMILES string of the molecule is CCOc1cc(C2C(C(=O)OC)=C(C)Nc3nc(SCc4ccccc4Cl)nn32)ccc1OCc1ccc(Br)cc1. The molecule has 8 nitrogen and oxygen atoms in total. The Hall–Kier alpha value is -3.47. The fraction of sp³-hybridized carbons (Fsp3) is 0.233. The highest BCUT2D eigenvalue weighted by Gasteiger charge is 2.35. The lowest BCUT2D eigenvalue weighted by Crippen LogP contribution is -2.29. The zero-order valence-electron chi connectivity index (χ0n) is 22.7. The van der Waals surface area contributed by atoms with E-state index < -0.39 is 12.0 Å². The molecule has 1 atom stereocenters. The van der Waals surface area contributed by atoms with Crippen molar-refractivity contribution in [3.05, 3.63) is 104 Å². The maximum atomic E-state index is 13.0. The van der Waals surface area contributed by atoms with E-state index in [1.54, 1.807) is 4.68 Å². The van der Waals surface area contributed by atoms with Crippen molar-refractivity contribution in [2.75, 3.05) is 19.0 Å². The third-order valence-electron chi connectivity index (χ3n) is 6.44. The molecule has 0 radical (unpaired) electrons. The van der Waals surface area contributed by atoms with Gasteiger partial charge in [-0.3, -0.25) is 0 Å². The minimum atomic E-state index is -0.597. The highest BCUT2D eigenvalue weighted by molar-refractivity contribution is 9.10. The van der Waals surface area contributed by atoms with Crippen molar-refractivity contribution < 1.29 is 19.0 Å². The summed E-state index contributed by atoms with van der Waals surface area (Å²) in [7, 11) is 1.37. The van der Waals surface area contributed by atoms with E-state index in [9.17, 15) is 4.79 Å². The Bertz CT molecular complexity index is 1590. The van der Waals surface area contributed by atoms with Crippen LogP contribution in [0.3, 0.4) is 0 Å². The summed E-state index contributed by atoms with van der Waals surface area (Å²) < 4.78 is 20.0. The number of carbonyl (C=O) groups excluding carboxylic acids is 1. The third kappa shape index (κ3) is 6.55. The van der Waals surface area contributed by atoms with Crippen LogP contribution in [0.4, 0.5) is 5.95 Å². The van der Waals surface area contributed by atoms with Crippen LogP contribution in [0, 0.1) is 0 Å². The van der Waals surface area contributed by atoms with Crippen LogP contribution in [0.25, 0.3) is 0 Å². The Morgan fingerprint density at radius 3 is 2.61 bits per heavy atom. The van der Waals surface area contributed by atoms with Gasteiger partial charge in [-0.05, 0) is 60.9 Å². The van der Waals surface area contributed by atoms with Gasteiger partial charge in [-0.15, -0.1) is 5.10 Å². The lowest BCUT2D eigenvalue weighted by atomic mass is 9.95. The van der Waals surface area contributed by atoms with Crippen molar-refractivity contribution in [1.29, 1.82) is 0 Å². The number of halogens is 2. The zero-order chi connectivity index (χ0) is 28.9.